The lowest BCUT2D eigenvalue weighted by molar-refractivity contribution is 0.0987. The van der Waals surface area contributed by atoms with Crippen molar-refractivity contribution in [1.82, 2.24) is 9.88 Å². The number of carbonyl (C=O) groups is 1. The number of hydrogen-bond donors (Lipinski definition) is 1. The molecule has 1 N–H and O–H groups in total. The summed E-state index contributed by atoms with van der Waals surface area (Å²) in [6.45, 7) is 8.81. The molecule has 3 heteroatoms. The molecular formula is C17H28N2O. The maximum Gasteiger partial charge on any atom is 0.178 e. The topological polar surface area (TPSA) is 34.0 Å². The van der Waals surface area contributed by atoms with Gasteiger partial charge in [0.2, 0.25) is 0 Å². The predicted octanol–water partition coefficient (Wildman–Crippen LogP) is 3.79. The number of nitrogens with zero attached hydrogens (tertiary/aromatic N) is 1. The average Bonchev–Trinajstić information content (AvgIpc) is 2.72. The van der Waals surface area contributed by atoms with Crippen LogP contribution in [0, 0.1) is 13.8 Å². The number of Topliss-reactive ketones (excluding diaryl/α,β-unsaturated/α-hetero) is 1. The molecule has 1 heterocycles. The lowest BCUT2D eigenvalue weighted by Gasteiger charge is -2.26. The van der Waals surface area contributed by atoms with Gasteiger partial charge in [0.05, 0.1) is 6.54 Å². The highest BCUT2D eigenvalue weighted by Crippen LogP contribution is 2.32. The summed E-state index contributed by atoms with van der Waals surface area (Å²) in [6.07, 6.45) is 6.52. The van der Waals surface area contributed by atoms with Gasteiger partial charge in [0.25, 0.3) is 0 Å². The van der Waals surface area contributed by atoms with Gasteiger partial charge in [-0.15, -0.1) is 0 Å². The van der Waals surface area contributed by atoms with E-state index in [1.165, 1.54) is 37.8 Å². The van der Waals surface area contributed by atoms with Gasteiger partial charge in [-0.2, -0.15) is 0 Å². The molecule has 1 aliphatic carbocycles. The molecule has 0 amide bonds. The van der Waals surface area contributed by atoms with Gasteiger partial charge in [0.1, 0.15) is 0 Å². The van der Waals surface area contributed by atoms with Crippen LogP contribution >= 0.6 is 0 Å². The van der Waals surface area contributed by atoms with Crippen LogP contribution < -0.4 is 5.32 Å². The summed E-state index contributed by atoms with van der Waals surface area (Å²) >= 11 is 0. The first-order valence-electron chi connectivity index (χ1n) is 7.95. The summed E-state index contributed by atoms with van der Waals surface area (Å²) in [7, 11) is 0. The van der Waals surface area contributed by atoms with Crippen LogP contribution in [0.15, 0.2) is 6.07 Å². The van der Waals surface area contributed by atoms with Gasteiger partial charge in [-0.25, -0.2) is 0 Å². The highest BCUT2D eigenvalue weighted by molar-refractivity contribution is 5.99. The number of nitrogens with one attached hydrogen (secondary N) is 1. The molecule has 0 radical (unpaired) electrons. The zero-order valence-electron chi connectivity index (χ0n) is 13.3. The number of carbonyl (C=O) groups excluding carboxylic acids is 1. The van der Waals surface area contributed by atoms with E-state index in [0.717, 1.165) is 11.3 Å². The largest absolute Gasteiger partial charge is 0.345 e. The number of hydrogen-bond acceptors (Lipinski definition) is 2. The molecule has 1 aromatic rings. The Morgan fingerprint density at radius 2 is 1.95 bits per heavy atom. The van der Waals surface area contributed by atoms with Gasteiger partial charge in [-0.3, -0.25) is 4.79 Å². The van der Waals surface area contributed by atoms with Crippen LogP contribution in [0.4, 0.5) is 0 Å². The van der Waals surface area contributed by atoms with Crippen LogP contribution in [0.3, 0.4) is 0 Å². The molecule has 0 unspecified atom stereocenters. The zero-order chi connectivity index (χ0) is 14.7. The molecule has 0 saturated heterocycles. The van der Waals surface area contributed by atoms with Crippen molar-refractivity contribution in [2.75, 3.05) is 6.54 Å². The maximum atomic E-state index is 12.3. The summed E-state index contributed by atoms with van der Waals surface area (Å²) in [5.41, 5.74) is 3.30. The van der Waals surface area contributed by atoms with Crippen LogP contribution in [0.5, 0.6) is 0 Å². The van der Waals surface area contributed by atoms with Crippen molar-refractivity contribution < 1.29 is 4.79 Å². The number of ketones is 1. The zero-order valence-corrected chi connectivity index (χ0v) is 13.3. The Labute approximate surface area is 122 Å². The molecule has 0 bridgehead atoms. The van der Waals surface area contributed by atoms with Crippen LogP contribution in [-0.2, 0) is 0 Å². The van der Waals surface area contributed by atoms with Gasteiger partial charge in [-0.1, -0.05) is 33.1 Å². The molecule has 1 aromatic heterocycles. The Morgan fingerprint density at radius 1 is 1.30 bits per heavy atom. The third-order valence-electron chi connectivity index (χ3n) is 4.40. The first kappa shape index (κ1) is 15.3. The molecule has 2 rings (SSSR count). The van der Waals surface area contributed by atoms with E-state index in [1.54, 1.807) is 0 Å². The van der Waals surface area contributed by atoms with Crippen molar-refractivity contribution in [3.05, 3.63) is 23.0 Å². The highest BCUT2D eigenvalue weighted by Gasteiger charge is 2.22. The summed E-state index contributed by atoms with van der Waals surface area (Å²) < 4.78 is 2.40. The molecule has 0 aliphatic heterocycles. The second-order valence-corrected chi connectivity index (χ2v) is 6.41. The summed E-state index contributed by atoms with van der Waals surface area (Å²) in [5.74, 6) is 0.217. The Kier molecular flexibility index (Phi) is 5.03. The van der Waals surface area contributed by atoms with Gasteiger partial charge in [0.15, 0.2) is 5.78 Å². The highest BCUT2D eigenvalue weighted by atomic mass is 16.1. The van der Waals surface area contributed by atoms with Crippen molar-refractivity contribution in [1.29, 1.82) is 0 Å². The van der Waals surface area contributed by atoms with E-state index >= 15 is 0 Å². The summed E-state index contributed by atoms with van der Waals surface area (Å²) in [5, 5.41) is 3.22. The fourth-order valence-electron chi connectivity index (χ4n) is 3.35. The van der Waals surface area contributed by atoms with Crippen LogP contribution in [0.1, 0.15) is 73.7 Å². The molecule has 1 aliphatic rings. The third kappa shape index (κ3) is 3.32. The van der Waals surface area contributed by atoms with Crippen molar-refractivity contribution in [2.45, 2.75) is 71.9 Å². The molecule has 0 aromatic carbocycles. The van der Waals surface area contributed by atoms with E-state index in [-0.39, 0.29) is 5.78 Å². The van der Waals surface area contributed by atoms with Crippen molar-refractivity contribution in [3.8, 4) is 0 Å². The van der Waals surface area contributed by atoms with Crippen molar-refractivity contribution >= 4 is 5.78 Å². The van der Waals surface area contributed by atoms with Gasteiger partial charge in [-0.05, 0) is 32.8 Å². The second-order valence-electron chi connectivity index (χ2n) is 6.41. The number of aromatic nitrogens is 1. The molecule has 1 fully saturated rings. The van der Waals surface area contributed by atoms with E-state index < -0.39 is 0 Å². The maximum absolute atomic E-state index is 12.3. The molecule has 1 saturated carbocycles. The fourth-order valence-corrected chi connectivity index (χ4v) is 3.35. The second kappa shape index (κ2) is 6.57. The molecule has 3 nitrogen and oxygen atoms in total. The van der Waals surface area contributed by atoms with E-state index in [2.05, 4.69) is 43.6 Å². The monoisotopic (exact) mass is 276 g/mol. The summed E-state index contributed by atoms with van der Waals surface area (Å²) in [6, 6.07) is 3.03. The van der Waals surface area contributed by atoms with E-state index in [9.17, 15) is 4.79 Å². The lowest BCUT2D eigenvalue weighted by atomic mass is 9.95. The Bertz CT molecular complexity index is 468. The first-order valence-corrected chi connectivity index (χ1v) is 7.95. The molecule has 112 valence electrons. The van der Waals surface area contributed by atoms with E-state index in [0.29, 0.717) is 18.6 Å². The molecular weight excluding hydrogens is 248 g/mol. The van der Waals surface area contributed by atoms with Crippen LogP contribution in [0.25, 0.3) is 0 Å². The normalized spacial score (nSPS) is 16.9. The summed E-state index contributed by atoms with van der Waals surface area (Å²) in [4.78, 5) is 12.3. The minimum atomic E-state index is 0.217. The fraction of sp³-hybridized carbons (Fsp3) is 0.706. The number of rotatable bonds is 5. The molecule has 0 spiro atoms. The Hall–Kier alpha value is -1.09. The quantitative estimate of drug-likeness (QED) is 0.830. The third-order valence-corrected chi connectivity index (χ3v) is 4.40. The Morgan fingerprint density at radius 3 is 2.55 bits per heavy atom. The standard InChI is InChI=1S/C17H28N2O/c1-12(2)18-11-17(20)16-10-13(3)19(14(16)4)15-8-6-5-7-9-15/h10,12,15,18H,5-9,11H2,1-4H3. The van der Waals surface area contributed by atoms with Gasteiger partial charge in [0, 0.05) is 29.0 Å². The number of aryl methyl sites for hydroxylation is 1. The average molecular weight is 276 g/mol. The van der Waals surface area contributed by atoms with Crippen LogP contribution in [-0.4, -0.2) is 22.9 Å². The van der Waals surface area contributed by atoms with E-state index in [1.807, 2.05) is 0 Å². The minimum Gasteiger partial charge on any atom is -0.345 e. The lowest BCUT2D eigenvalue weighted by Crippen LogP contribution is -2.29. The van der Waals surface area contributed by atoms with Crippen molar-refractivity contribution in [2.24, 2.45) is 0 Å². The van der Waals surface area contributed by atoms with Crippen LogP contribution in [0.2, 0.25) is 0 Å². The molecule has 20 heavy (non-hydrogen) atoms. The SMILES string of the molecule is Cc1cc(C(=O)CNC(C)C)c(C)n1C1CCCCC1. The molecule has 0 atom stereocenters. The van der Waals surface area contributed by atoms with Gasteiger partial charge >= 0.3 is 0 Å². The first-order chi connectivity index (χ1) is 9.50. The van der Waals surface area contributed by atoms with E-state index in [4.69, 9.17) is 0 Å². The van der Waals surface area contributed by atoms with Gasteiger partial charge < -0.3 is 9.88 Å². The van der Waals surface area contributed by atoms with Crippen molar-refractivity contribution in [3.63, 3.8) is 0 Å². The predicted molar refractivity (Wildman–Crippen MR) is 83.5 cm³/mol. The smallest absolute Gasteiger partial charge is 0.178 e. The minimum absolute atomic E-state index is 0.217. The Balaban J connectivity index is 2.17.